The van der Waals surface area contributed by atoms with E-state index in [0.717, 1.165) is 23.2 Å². The molecule has 0 unspecified atom stereocenters. The molecule has 0 N–H and O–H groups in total. The van der Waals surface area contributed by atoms with E-state index in [9.17, 15) is 18.0 Å². The fraction of sp³-hybridized carbons (Fsp3) is 0.250. The van der Waals surface area contributed by atoms with Crippen molar-refractivity contribution in [3.05, 3.63) is 52.8 Å². The summed E-state index contributed by atoms with van der Waals surface area (Å²) in [6.45, 7) is 1.43. The smallest absolute Gasteiger partial charge is 0.325 e. The van der Waals surface area contributed by atoms with Gasteiger partial charge in [-0.15, -0.1) is 0 Å². The number of aryl methyl sites for hydroxylation is 1. The summed E-state index contributed by atoms with van der Waals surface area (Å²) in [5.41, 5.74) is 1.46. The number of fused-ring (bicyclic) bond motifs is 1. The number of para-hydroxylation sites is 1. The molecule has 0 aliphatic carbocycles. The van der Waals surface area contributed by atoms with Gasteiger partial charge in [-0.05, 0) is 36.8 Å². The number of sulfone groups is 1. The average molecular weight is 449 g/mol. The number of methoxy groups -OCH3 is 1. The van der Waals surface area contributed by atoms with Gasteiger partial charge in [0.2, 0.25) is 0 Å². The highest BCUT2D eigenvalue weighted by Crippen LogP contribution is 2.22. The highest BCUT2D eigenvalue weighted by atomic mass is 32.2. The molecule has 158 valence electrons. The second kappa shape index (κ2) is 8.80. The molecule has 0 saturated carbocycles. The van der Waals surface area contributed by atoms with Gasteiger partial charge in [0.25, 0.3) is 5.91 Å². The van der Waals surface area contributed by atoms with Gasteiger partial charge in [0.1, 0.15) is 12.3 Å². The Balaban J connectivity index is 1.99. The number of ether oxygens (including phenoxy) is 2. The van der Waals surface area contributed by atoms with Crippen LogP contribution in [0.25, 0.3) is 10.2 Å². The Hall–Kier alpha value is -2.98. The molecule has 0 bridgehead atoms. The van der Waals surface area contributed by atoms with Crippen molar-refractivity contribution in [1.82, 2.24) is 4.57 Å². The van der Waals surface area contributed by atoms with Gasteiger partial charge >= 0.3 is 5.97 Å². The molecule has 2 aromatic carbocycles. The molecule has 1 heterocycles. The van der Waals surface area contributed by atoms with Crippen LogP contribution < -0.4 is 9.54 Å². The first-order chi connectivity index (χ1) is 14.2. The first-order valence-electron chi connectivity index (χ1n) is 8.85. The van der Waals surface area contributed by atoms with Crippen LogP contribution in [0.15, 0.2) is 52.4 Å². The number of nitrogens with zero attached hydrogens (tertiary/aromatic N) is 2. The second-order valence-electron chi connectivity index (χ2n) is 6.51. The molecular weight excluding hydrogens is 428 g/mol. The highest BCUT2D eigenvalue weighted by molar-refractivity contribution is 7.90. The average Bonchev–Trinajstić information content (AvgIpc) is 3.02. The summed E-state index contributed by atoms with van der Waals surface area (Å²) in [6.07, 6.45) is 1.11. The third kappa shape index (κ3) is 4.95. The number of esters is 1. The van der Waals surface area contributed by atoms with Crippen LogP contribution in [-0.2, 0) is 30.7 Å². The SMILES string of the molecule is COC(=O)Cn1c(=NC(=O)COc2ccccc2C)sc2cc(S(C)(=O)=O)ccc21. The number of aromatic nitrogens is 1. The summed E-state index contributed by atoms with van der Waals surface area (Å²) < 4.78 is 36.0. The Labute approximate surface area is 177 Å². The molecule has 1 aromatic heterocycles. The number of carbonyl (C=O) groups is 2. The largest absolute Gasteiger partial charge is 0.483 e. The number of rotatable bonds is 6. The number of benzene rings is 2. The second-order valence-corrected chi connectivity index (χ2v) is 9.53. The third-order valence-electron chi connectivity index (χ3n) is 4.26. The van der Waals surface area contributed by atoms with Gasteiger partial charge in [0, 0.05) is 6.26 Å². The molecule has 3 rings (SSSR count). The van der Waals surface area contributed by atoms with Gasteiger partial charge in [-0.2, -0.15) is 4.99 Å². The van der Waals surface area contributed by atoms with Crippen molar-refractivity contribution in [3.63, 3.8) is 0 Å². The lowest BCUT2D eigenvalue weighted by Crippen LogP contribution is -2.23. The van der Waals surface area contributed by atoms with E-state index in [1.54, 1.807) is 18.2 Å². The Bertz CT molecular complexity index is 1290. The summed E-state index contributed by atoms with van der Waals surface area (Å²) >= 11 is 1.11. The van der Waals surface area contributed by atoms with Crippen molar-refractivity contribution in [1.29, 1.82) is 0 Å². The highest BCUT2D eigenvalue weighted by Gasteiger charge is 2.15. The van der Waals surface area contributed by atoms with E-state index in [4.69, 9.17) is 9.47 Å². The maximum absolute atomic E-state index is 12.4. The lowest BCUT2D eigenvalue weighted by Gasteiger charge is -2.06. The van der Waals surface area contributed by atoms with Crippen molar-refractivity contribution in [2.24, 2.45) is 4.99 Å². The molecule has 1 amide bonds. The zero-order valence-corrected chi connectivity index (χ0v) is 18.2. The number of amides is 1. The number of carbonyl (C=O) groups excluding carboxylic acids is 2. The van der Waals surface area contributed by atoms with Gasteiger partial charge in [-0.1, -0.05) is 29.5 Å². The van der Waals surface area contributed by atoms with Crippen LogP contribution >= 0.6 is 11.3 Å². The van der Waals surface area contributed by atoms with E-state index < -0.39 is 21.7 Å². The van der Waals surface area contributed by atoms with E-state index in [1.807, 2.05) is 19.1 Å². The van der Waals surface area contributed by atoms with Crippen LogP contribution in [-0.4, -0.2) is 44.8 Å². The minimum Gasteiger partial charge on any atom is -0.483 e. The van der Waals surface area contributed by atoms with Crippen molar-refractivity contribution >= 4 is 43.3 Å². The lowest BCUT2D eigenvalue weighted by atomic mass is 10.2. The predicted octanol–water partition coefficient (Wildman–Crippen LogP) is 2.09. The summed E-state index contributed by atoms with van der Waals surface area (Å²) in [5, 5.41) is 0. The van der Waals surface area contributed by atoms with E-state index in [2.05, 4.69) is 4.99 Å². The summed E-state index contributed by atoms with van der Waals surface area (Å²) in [5.74, 6) is -0.476. The number of thiazole rings is 1. The van der Waals surface area contributed by atoms with Crippen LogP contribution in [0.3, 0.4) is 0 Å². The minimum atomic E-state index is -3.40. The van der Waals surface area contributed by atoms with Crippen LogP contribution in [0.4, 0.5) is 0 Å². The van der Waals surface area contributed by atoms with E-state index in [1.165, 1.54) is 23.8 Å². The fourth-order valence-electron chi connectivity index (χ4n) is 2.71. The zero-order valence-electron chi connectivity index (χ0n) is 16.6. The quantitative estimate of drug-likeness (QED) is 0.535. The molecule has 8 nitrogen and oxygen atoms in total. The normalized spacial score (nSPS) is 12.2. The third-order valence-corrected chi connectivity index (χ3v) is 6.41. The molecule has 0 atom stereocenters. The van der Waals surface area contributed by atoms with Crippen LogP contribution in [0.1, 0.15) is 5.56 Å². The summed E-state index contributed by atoms with van der Waals surface area (Å²) in [7, 11) is -2.14. The standard InChI is InChI=1S/C20H20N2O6S2/c1-13-6-4-5-7-16(13)28-12-18(23)21-20-22(11-19(24)27-2)15-9-8-14(30(3,25)26)10-17(15)29-20/h4-10H,11-12H2,1-3H3. The Morgan fingerprint density at radius 2 is 1.90 bits per heavy atom. The molecule has 30 heavy (non-hydrogen) atoms. The molecule has 0 spiro atoms. The first kappa shape index (κ1) is 21.7. The maximum atomic E-state index is 12.4. The monoisotopic (exact) mass is 448 g/mol. The zero-order chi connectivity index (χ0) is 21.9. The van der Waals surface area contributed by atoms with Gasteiger partial charge in [-0.3, -0.25) is 9.59 Å². The maximum Gasteiger partial charge on any atom is 0.325 e. The van der Waals surface area contributed by atoms with Gasteiger partial charge in [0.05, 0.1) is 22.2 Å². The van der Waals surface area contributed by atoms with E-state index in [0.29, 0.717) is 16.0 Å². The molecule has 0 saturated heterocycles. The van der Waals surface area contributed by atoms with Crippen molar-refractivity contribution in [2.45, 2.75) is 18.4 Å². The molecule has 0 fully saturated rings. The van der Waals surface area contributed by atoms with Crippen molar-refractivity contribution in [3.8, 4) is 5.75 Å². The van der Waals surface area contributed by atoms with Crippen LogP contribution in [0.5, 0.6) is 5.75 Å². The first-order valence-corrected chi connectivity index (χ1v) is 11.6. The number of hydrogen-bond acceptors (Lipinski definition) is 7. The van der Waals surface area contributed by atoms with Gasteiger partial charge in [-0.25, -0.2) is 8.42 Å². The van der Waals surface area contributed by atoms with Crippen LogP contribution in [0, 0.1) is 6.92 Å². The van der Waals surface area contributed by atoms with Crippen molar-refractivity contribution in [2.75, 3.05) is 20.0 Å². The predicted molar refractivity (Wildman–Crippen MR) is 112 cm³/mol. The van der Waals surface area contributed by atoms with Gasteiger partial charge < -0.3 is 14.0 Å². The van der Waals surface area contributed by atoms with E-state index in [-0.39, 0.29) is 22.8 Å². The fourth-order valence-corrected chi connectivity index (χ4v) is 4.52. The van der Waals surface area contributed by atoms with Gasteiger partial charge in [0.15, 0.2) is 21.2 Å². The lowest BCUT2D eigenvalue weighted by molar-refractivity contribution is -0.141. The Morgan fingerprint density at radius 1 is 1.17 bits per heavy atom. The topological polar surface area (TPSA) is 104 Å². The summed E-state index contributed by atoms with van der Waals surface area (Å²) in [4.78, 5) is 28.7. The molecular formula is C20H20N2O6S2. The molecule has 0 aliphatic heterocycles. The number of hydrogen-bond donors (Lipinski definition) is 0. The molecule has 10 heteroatoms. The molecule has 0 radical (unpaired) electrons. The minimum absolute atomic E-state index is 0.141. The van der Waals surface area contributed by atoms with Crippen LogP contribution in [0.2, 0.25) is 0 Å². The Kier molecular flexibility index (Phi) is 6.37. The van der Waals surface area contributed by atoms with E-state index >= 15 is 0 Å². The molecule has 0 aliphatic rings. The Morgan fingerprint density at radius 3 is 2.57 bits per heavy atom. The van der Waals surface area contributed by atoms with Crippen molar-refractivity contribution < 1.29 is 27.5 Å². The molecule has 3 aromatic rings. The summed E-state index contributed by atoms with van der Waals surface area (Å²) in [6, 6.07) is 11.8.